The largest absolute Gasteiger partial charge is 0.459 e. The highest BCUT2D eigenvalue weighted by Gasteiger charge is 2.12. The van der Waals surface area contributed by atoms with Crippen LogP contribution in [0.15, 0.2) is 39.4 Å². The number of anilines is 1. The molecule has 0 atom stereocenters. The molecule has 0 bridgehead atoms. The summed E-state index contributed by atoms with van der Waals surface area (Å²) in [5.74, 6) is 0.959. The molecular formula is C11H7ClN2O2. The first-order valence-corrected chi connectivity index (χ1v) is 5.01. The maximum absolute atomic E-state index is 5.87. The van der Waals surface area contributed by atoms with Crippen molar-refractivity contribution in [1.29, 1.82) is 0 Å². The molecule has 16 heavy (non-hydrogen) atoms. The Morgan fingerprint density at radius 3 is 2.94 bits per heavy atom. The molecule has 0 saturated carbocycles. The number of furan rings is 1. The normalized spacial score (nSPS) is 11.1. The number of nitrogen functional groups attached to an aromatic ring is 1. The zero-order valence-electron chi connectivity index (χ0n) is 8.11. The van der Waals surface area contributed by atoms with Crippen LogP contribution in [0.5, 0.6) is 0 Å². The summed E-state index contributed by atoms with van der Waals surface area (Å²) in [6.07, 6.45) is 1.56. The number of benzene rings is 1. The lowest BCUT2D eigenvalue weighted by atomic mass is 10.3. The molecule has 0 radical (unpaired) electrons. The van der Waals surface area contributed by atoms with Gasteiger partial charge in [0.25, 0.3) is 5.89 Å². The van der Waals surface area contributed by atoms with E-state index in [9.17, 15) is 0 Å². The standard InChI is InChI=1S/C11H7ClN2O2/c12-6-4-7(13)10-8(5-6)14-11(16-10)9-2-1-3-15-9/h1-5H,13H2. The van der Waals surface area contributed by atoms with E-state index in [0.29, 0.717) is 33.5 Å². The van der Waals surface area contributed by atoms with Crippen LogP contribution in [0.3, 0.4) is 0 Å². The lowest BCUT2D eigenvalue weighted by Crippen LogP contribution is -1.84. The Morgan fingerprint density at radius 1 is 1.31 bits per heavy atom. The summed E-state index contributed by atoms with van der Waals surface area (Å²) in [7, 11) is 0. The first kappa shape index (κ1) is 9.30. The molecule has 0 aliphatic carbocycles. The SMILES string of the molecule is Nc1cc(Cl)cc2nc(-c3ccco3)oc12. The van der Waals surface area contributed by atoms with E-state index in [1.165, 1.54) is 0 Å². The highest BCUT2D eigenvalue weighted by atomic mass is 35.5. The maximum Gasteiger partial charge on any atom is 0.264 e. The average molecular weight is 235 g/mol. The topological polar surface area (TPSA) is 65.2 Å². The number of hydrogen-bond donors (Lipinski definition) is 1. The van der Waals surface area contributed by atoms with Crippen molar-refractivity contribution in [2.75, 3.05) is 5.73 Å². The third kappa shape index (κ3) is 1.35. The number of rotatable bonds is 1. The van der Waals surface area contributed by atoms with Crippen molar-refractivity contribution in [3.63, 3.8) is 0 Å². The van der Waals surface area contributed by atoms with Crippen LogP contribution < -0.4 is 5.73 Å². The van der Waals surface area contributed by atoms with E-state index >= 15 is 0 Å². The Bertz CT molecular complexity index is 643. The van der Waals surface area contributed by atoms with E-state index in [1.54, 1.807) is 30.5 Å². The monoisotopic (exact) mass is 234 g/mol. The second-order valence-electron chi connectivity index (χ2n) is 3.34. The molecule has 1 aromatic carbocycles. The fraction of sp³-hybridized carbons (Fsp3) is 0. The van der Waals surface area contributed by atoms with Crippen LogP contribution in [0.4, 0.5) is 5.69 Å². The van der Waals surface area contributed by atoms with Gasteiger partial charge in [-0.25, -0.2) is 4.98 Å². The highest BCUT2D eigenvalue weighted by Crippen LogP contribution is 2.30. The Hall–Kier alpha value is -1.94. The molecule has 2 aromatic heterocycles. The quantitative estimate of drug-likeness (QED) is 0.656. The summed E-state index contributed by atoms with van der Waals surface area (Å²) in [5.41, 5.74) is 7.39. The molecule has 0 fully saturated rings. The van der Waals surface area contributed by atoms with Gasteiger partial charge < -0.3 is 14.6 Å². The molecule has 5 heteroatoms. The minimum absolute atomic E-state index is 0.397. The molecule has 0 spiro atoms. The van der Waals surface area contributed by atoms with Crippen molar-refractivity contribution >= 4 is 28.4 Å². The van der Waals surface area contributed by atoms with E-state index in [1.807, 2.05) is 0 Å². The smallest absolute Gasteiger partial charge is 0.264 e. The Labute approximate surface area is 95.6 Å². The predicted molar refractivity (Wildman–Crippen MR) is 61.1 cm³/mol. The fourth-order valence-corrected chi connectivity index (χ4v) is 1.75. The molecule has 80 valence electrons. The van der Waals surface area contributed by atoms with Crippen LogP contribution in [0, 0.1) is 0 Å². The lowest BCUT2D eigenvalue weighted by Gasteiger charge is -1.93. The van der Waals surface area contributed by atoms with Gasteiger partial charge in [0.1, 0.15) is 5.52 Å². The van der Waals surface area contributed by atoms with Crippen LogP contribution in [0.1, 0.15) is 0 Å². The third-order valence-corrected chi connectivity index (χ3v) is 2.43. The molecule has 0 aliphatic heterocycles. The molecule has 0 amide bonds. The number of aromatic nitrogens is 1. The zero-order valence-corrected chi connectivity index (χ0v) is 8.86. The number of halogens is 1. The minimum atomic E-state index is 0.397. The van der Waals surface area contributed by atoms with Gasteiger partial charge in [0.2, 0.25) is 0 Å². The van der Waals surface area contributed by atoms with E-state index in [-0.39, 0.29) is 0 Å². The van der Waals surface area contributed by atoms with E-state index in [2.05, 4.69) is 4.98 Å². The highest BCUT2D eigenvalue weighted by molar-refractivity contribution is 6.31. The van der Waals surface area contributed by atoms with Crippen LogP contribution in [-0.2, 0) is 0 Å². The van der Waals surface area contributed by atoms with Crippen LogP contribution >= 0.6 is 11.6 Å². The van der Waals surface area contributed by atoms with Crippen molar-refractivity contribution in [2.45, 2.75) is 0 Å². The van der Waals surface area contributed by atoms with E-state index in [0.717, 1.165) is 0 Å². The van der Waals surface area contributed by atoms with Crippen molar-refractivity contribution in [3.8, 4) is 11.7 Å². The predicted octanol–water partition coefficient (Wildman–Crippen LogP) is 3.32. The summed E-state index contributed by atoms with van der Waals surface area (Å²) in [6.45, 7) is 0. The van der Waals surface area contributed by atoms with Crippen molar-refractivity contribution in [1.82, 2.24) is 4.98 Å². The van der Waals surface area contributed by atoms with Gasteiger partial charge in [-0.3, -0.25) is 0 Å². The molecule has 0 aliphatic rings. The summed E-state index contributed by atoms with van der Waals surface area (Å²) < 4.78 is 10.7. The van der Waals surface area contributed by atoms with Gasteiger partial charge in [-0.15, -0.1) is 0 Å². The van der Waals surface area contributed by atoms with Crippen LogP contribution in [0.25, 0.3) is 22.8 Å². The molecule has 3 aromatic rings. The van der Waals surface area contributed by atoms with Gasteiger partial charge in [-0.1, -0.05) is 11.6 Å². The molecule has 4 nitrogen and oxygen atoms in total. The number of fused-ring (bicyclic) bond motifs is 1. The Morgan fingerprint density at radius 2 is 2.19 bits per heavy atom. The van der Waals surface area contributed by atoms with Crippen LogP contribution in [0.2, 0.25) is 5.02 Å². The first-order valence-electron chi connectivity index (χ1n) is 4.63. The summed E-state index contributed by atoms with van der Waals surface area (Å²) >= 11 is 5.87. The van der Waals surface area contributed by atoms with Gasteiger partial charge in [0.05, 0.1) is 12.0 Å². The number of nitrogens with zero attached hydrogens (tertiary/aromatic N) is 1. The molecule has 0 saturated heterocycles. The van der Waals surface area contributed by atoms with Gasteiger partial charge in [0.15, 0.2) is 11.3 Å². The third-order valence-electron chi connectivity index (χ3n) is 2.22. The second kappa shape index (κ2) is 3.28. The van der Waals surface area contributed by atoms with Crippen LogP contribution in [-0.4, -0.2) is 4.98 Å². The number of nitrogens with two attached hydrogens (primary N) is 1. The molecule has 0 unspecified atom stereocenters. The molecule has 3 rings (SSSR count). The van der Waals surface area contributed by atoms with Crippen molar-refractivity contribution in [3.05, 3.63) is 35.6 Å². The molecule has 2 heterocycles. The summed E-state index contributed by atoms with van der Waals surface area (Å²) in [6, 6.07) is 6.85. The van der Waals surface area contributed by atoms with Gasteiger partial charge in [0, 0.05) is 5.02 Å². The van der Waals surface area contributed by atoms with Crippen molar-refractivity contribution in [2.24, 2.45) is 0 Å². The number of hydrogen-bond acceptors (Lipinski definition) is 4. The average Bonchev–Trinajstić information content (AvgIpc) is 2.82. The fourth-order valence-electron chi connectivity index (χ4n) is 1.53. The van der Waals surface area contributed by atoms with E-state index < -0.39 is 0 Å². The van der Waals surface area contributed by atoms with Gasteiger partial charge in [-0.2, -0.15) is 0 Å². The number of oxazole rings is 1. The second-order valence-corrected chi connectivity index (χ2v) is 3.78. The summed E-state index contributed by atoms with van der Waals surface area (Å²) in [4.78, 5) is 4.25. The Balaban J connectivity index is 2.27. The lowest BCUT2D eigenvalue weighted by molar-refractivity contribution is 0.535. The maximum atomic E-state index is 5.87. The first-order chi connectivity index (χ1) is 7.74. The zero-order chi connectivity index (χ0) is 11.1. The van der Waals surface area contributed by atoms with Gasteiger partial charge in [-0.05, 0) is 24.3 Å². The Kier molecular flexibility index (Phi) is 1.91. The van der Waals surface area contributed by atoms with Crippen molar-refractivity contribution < 1.29 is 8.83 Å². The van der Waals surface area contributed by atoms with Gasteiger partial charge >= 0.3 is 0 Å². The summed E-state index contributed by atoms with van der Waals surface area (Å²) in [5, 5.41) is 0.532. The van der Waals surface area contributed by atoms with E-state index in [4.69, 9.17) is 26.2 Å². The minimum Gasteiger partial charge on any atom is -0.459 e. The molecule has 2 N–H and O–H groups in total. The molecular weight excluding hydrogens is 228 g/mol.